The van der Waals surface area contributed by atoms with Crippen molar-refractivity contribution >= 4 is 11.6 Å². The Balaban J connectivity index is 1.93. The number of nitrogens with one attached hydrogen (secondary N) is 1. The summed E-state index contributed by atoms with van der Waals surface area (Å²) in [6.07, 6.45) is 7.50. The molecule has 0 bridgehead atoms. The van der Waals surface area contributed by atoms with Crippen LogP contribution < -0.4 is 5.32 Å². The van der Waals surface area contributed by atoms with Gasteiger partial charge in [0.15, 0.2) is 0 Å². The highest BCUT2D eigenvalue weighted by Gasteiger charge is 2.25. The van der Waals surface area contributed by atoms with E-state index in [0.29, 0.717) is 12.0 Å². The van der Waals surface area contributed by atoms with Crippen LogP contribution in [-0.2, 0) is 4.74 Å². The predicted molar refractivity (Wildman–Crippen MR) is 58.4 cm³/mol. The quantitative estimate of drug-likeness (QED) is 0.720. The number of hydrogen-bond donors (Lipinski definition) is 1. The van der Waals surface area contributed by atoms with E-state index in [1.54, 1.807) is 0 Å². The first-order valence-corrected chi connectivity index (χ1v) is 5.52. The van der Waals surface area contributed by atoms with Crippen LogP contribution in [0.15, 0.2) is 23.3 Å². The summed E-state index contributed by atoms with van der Waals surface area (Å²) >= 11 is 5.96. The van der Waals surface area contributed by atoms with Crippen molar-refractivity contribution in [2.45, 2.75) is 25.5 Å². The van der Waals surface area contributed by atoms with Gasteiger partial charge in [0.1, 0.15) is 0 Å². The van der Waals surface area contributed by atoms with Crippen LogP contribution >= 0.6 is 11.6 Å². The lowest BCUT2D eigenvalue weighted by molar-refractivity contribution is -0.0146. The molecule has 0 aromatic heterocycles. The first-order valence-electron chi connectivity index (χ1n) is 5.14. The van der Waals surface area contributed by atoms with Gasteiger partial charge >= 0.3 is 0 Å². The molecule has 2 rings (SSSR count). The zero-order valence-electron chi connectivity index (χ0n) is 8.37. The second-order valence-corrected chi connectivity index (χ2v) is 4.47. The van der Waals surface area contributed by atoms with Gasteiger partial charge in [-0.1, -0.05) is 23.8 Å². The van der Waals surface area contributed by atoms with Gasteiger partial charge in [-0.05, 0) is 19.4 Å². The summed E-state index contributed by atoms with van der Waals surface area (Å²) in [6, 6.07) is 0.477. The van der Waals surface area contributed by atoms with Gasteiger partial charge in [-0.25, -0.2) is 0 Å². The average Bonchev–Trinajstić information content (AvgIpc) is 2.19. The highest BCUT2D eigenvalue weighted by molar-refractivity contribution is 6.31. The van der Waals surface area contributed by atoms with Crippen molar-refractivity contribution < 1.29 is 4.74 Å². The molecule has 0 aromatic rings. The second kappa shape index (κ2) is 4.47. The minimum Gasteiger partial charge on any atom is -0.375 e. The molecule has 0 spiro atoms. The molecule has 0 aromatic carbocycles. The number of allylic oxidation sites excluding steroid dienone is 3. The lowest BCUT2D eigenvalue weighted by atomic mass is 9.93. The van der Waals surface area contributed by atoms with E-state index >= 15 is 0 Å². The largest absolute Gasteiger partial charge is 0.375 e. The maximum atomic E-state index is 5.96. The van der Waals surface area contributed by atoms with Gasteiger partial charge in [0.25, 0.3) is 0 Å². The minimum atomic E-state index is 0.282. The lowest BCUT2D eigenvalue weighted by Gasteiger charge is -2.33. The molecule has 2 nitrogen and oxygen atoms in total. The smallest absolute Gasteiger partial charge is 0.0766 e. The Morgan fingerprint density at radius 2 is 2.43 bits per heavy atom. The molecule has 78 valence electrons. The molecule has 1 unspecified atom stereocenters. The van der Waals surface area contributed by atoms with Gasteiger partial charge in [0.2, 0.25) is 0 Å². The van der Waals surface area contributed by atoms with Gasteiger partial charge < -0.3 is 10.1 Å². The topological polar surface area (TPSA) is 21.3 Å². The molecule has 0 radical (unpaired) electrons. The van der Waals surface area contributed by atoms with E-state index in [-0.39, 0.29) is 6.10 Å². The molecular weight excluding hydrogens is 198 g/mol. The third kappa shape index (κ3) is 2.38. The Morgan fingerprint density at radius 1 is 1.57 bits per heavy atom. The van der Waals surface area contributed by atoms with Crippen LogP contribution in [0.5, 0.6) is 0 Å². The van der Waals surface area contributed by atoms with Gasteiger partial charge in [-0.2, -0.15) is 0 Å². The number of ether oxygens (including phenoxy) is 1. The molecule has 3 heteroatoms. The summed E-state index contributed by atoms with van der Waals surface area (Å²) in [7, 11) is 0. The Hall–Kier alpha value is -0.310. The van der Waals surface area contributed by atoms with E-state index in [0.717, 1.165) is 24.6 Å². The summed E-state index contributed by atoms with van der Waals surface area (Å²) in [5.41, 5.74) is 0. The van der Waals surface area contributed by atoms with Crippen LogP contribution in [0.25, 0.3) is 0 Å². The van der Waals surface area contributed by atoms with E-state index in [9.17, 15) is 0 Å². The fourth-order valence-electron chi connectivity index (χ4n) is 1.90. The minimum absolute atomic E-state index is 0.282. The molecule has 1 aliphatic heterocycles. The second-order valence-electron chi connectivity index (χ2n) is 4.03. The zero-order valence-corrected chi connectivity index (χ0v) is 9.13. The summed E-state index contributed by atoms with van der Waals surface area (Å²) in [4.78, 5) is 0. The first-order chi connectivity index (χ1) is 6.75. The molecule has 1 fully saturated rings. The molecule has 1 N–H and O–H groups in total. The number of rotatable bonds is 1. The zero-order chi connectivity index (χ0) is 9.97. The molecular formula is C11H16ClNO. The Morgan fingerprint density at radius 3 is 3.07 bits per heavy atom. The van der Waals surface area contributed by atoms with Crippen molar-refractivity contribution in [2.75, 3.05) is 13.2 Å². The first kappa shape index (κ1) is 10.2. The van der Waals surface area contributed by atoms with Crippen LogP contribution in [0.4, 0.5) is 0 Å². The Labute approximate surface area is 90.0 Å². The molecule has 14 heavy (non-hydrogen) atoms. The van der Waals surface area contributed by atoms with Crippen LogP contribution in [-0.4, -0.2) is 25.3 Å². The molecule has 0 saturated carbocycles. The highest BCUT2D eigenvalue weighted by atomic mass is 35.5. The molecule has 0 amide bonds. The van der Waals surface area contributed by atoms with Crippen molar-refractivity contribution in [3.63, 3.8) is 0 Å². The number of morpholine rings is 1. The van der Waals surface area contributed by atoms with Crippen molar-refractivity contribution in [3.8, 4) is 0 Å². The fourth-order valence-corrected chi connectivity index (χ4v) is 2.15. The SMILES string of the molecule is C[C@H]1CO[C@@H](C2C=C(Cl)C=CC2)CN1. The fraction of sp³-hybridized carbons (Fsp3) is 0.636. The van der Waals surface area contributed by atoms with Gasteiger partial charge in [-0.15, -0.1) is 0 Å². The number of halogens is 1. The monoisotopic (exact) mass is 213 g/mol. The van der Waals surface area contributed by atoms with Crippen molar-refractivity contribution in [1.29, 1.82) is 0 Å². The summed E-state index contributed by atoms with van der Waals surface area (Å²) in [5.74, 6) is 0.438. The van der Waals surface area contributed by atoms with E-state index in [1.165, 1.54) is 0 Å². The van der Waals surface area contributed by atoms with Crippen molar-refractivity contribution in [1.82, 2.24) is 5.32 Å². The van der Waals surface area contributed by atoms with Crippen LogP contribution in [0.2, 0.25) is 0 Å². The molecule has 1 heterocycles. The van der Waals surface area contributed by atoms with Crippen LogP contribution in [0.1, 0.15) is 13.3 Å². The van der Waals surface area contributed by atoms with Crippen LogP contribution in [0.3, 0.4) is 0 Å². The third-order valence-electron chi connectivity index (χ3n) is 2.76. The average molecular weight is 214 g/mol. The normalized spacial score (nSPS) is 38.1. The standard InChI is InChI=1S/C11H16ClNO/c1-8-7-14-11(6-13-8)9-3-2-4-10(12)5-9/h2,4-5,8-9,11,13H,3,6-7H2,1H3/t8-,9?,11+/m0/s1. The van der Waals surface area contributed by atoms with E-state index < -0.39 is 0 Å². The molecule has 1 saturated heterocycles. The summed E-state index contributed by atoms with van der Waals surface area (Å²) < 4.78 is 5.78. The van der Waals surface area contributed by atoms with Gasteiger partial charge in [-0.3, -0.25) is 0 Å². The predicted octanol–water partition coefficient (Wildman–Crippen LogP) is 2.06. The summed E-state index contributed by atoms with van der Waals surface area (Å²) in [5, 5.41) is 4.26. The molecule has 1 aliphatic carbocycles. The van der Waals surface area contributed by atoms with Crippen LogP contribution in [0, 0.1) is 5.92 Å². The Kier molecular flexibility index (Phi) is 3.26. The van der Waals surface area contributed by atoms with Crippen molar-refractivity contribution in [3.05, 3.63) is 23.3 Å². The van der Waals surface area contributed by atoms with E-state index in [1.807, 2.05) is 6.08 Å². The maximum absolute atomic E-state index is 5.96. The number of hydrogen-bond acceptors (Lipinski definition) is 2. The maximum Gasteiger partial charge on any atom is 0.0766 e. The van der Waals surface area contributed by atoms with Crippen molar-refractivity contribution in [2.24, 2.45) is 5.92 Å². The Bertz CT molecular complexity index is 254. The third-order valence-corrected chi connectivity index (χ3v) is 3.02. The summed E-state index contributed by atoms with van der Waals surface area (Å²) in [6.45, 7) is 3.87. The van der Waals surface area contributed by atoms with Gasteiger partial charge in [0.05, 0.1) is 12.7 Å². The van der Waals surface area contributed by atoms with Gasteiger partial charge in [0, 0.05) is 23.5 Å². The van der Waals surface area contributed by atoms with E-state index in [4.69, 9.17) is 16.3 Å². The highest BCUT2D eigenvalue weighted by Crippen LogP contribution is 2.24. The lowest BCUT2D eigenvalue weighted by Crippen LogP contribution is -2.47. The van der Waals surface area contributed by atoms with E-state index in [2.05, 4.69) is 24.4 Å². The molecule has 3 atom stereocenters. The molecule has 2 aliphatic rings.